The first-order valence-electron chi connectivity index (χ1n) is 7.83. The number of carboxylic acid groups (broad SMARTS) is 1. The first kappa shape index (κ1) is 16.1. The van der Waals surface area contributed by atoms with Crippen molar-refractivity contribution in [3.05, 3.63) is 0 Å². The van der Waals surface area contributed by atoms with E-state index in [2.05, 4.69) is 0 Å². The van der Waals surface area contributed by atoms with Gasteiger partial charge < -0.3 is 19.6 Å². The van der Waals surface area contributed by atoms with E-state index < -0.39 is 12.0 Å². The zero-order valence-electron chi connectivity index (χ0n) is 13.0. The molecule has 2 heterocycles. The number of ether oxygens (including phenoxy) is 1. The highest BCUT2D eigenvalue weighted by molar-refractivity contribution is 5.83. The van der Waals surface area contributed by atoms with Crippen molar-refractivity contribution >= 4 is 12.0 Å². The maximum absolute atomic E-state index is 12.6. The Balaban J connectivity index is 1.97. The van der Waals surface area contributed by atoms with Crippen molar-refractivity contribution in [2.24, 2.45) is 11.8 Å². The van der Waals surface area contributed by atoms with Gasteiger partial charge in [-0.15, -0.1) is 0 Å². The maximum atomic E-state index is 12.6. The minimum absolute atomic E-state index is 0.00612. The van der Waals surface area contributed by atoms with E-state index in [1.165, 1.54) is 4.90 Å². The quantitative estimate of drug-likeness (QED) is 0.860. The van der Waals surface area contributed by atoms with Crippen molar-refractivity contribution in [2.45, 2.75) is 38.6 Å². The van der Waals surface area contributed by atoms with Gasteiger partial charge in [0.15, 0.2) is 0 Å². The van der Waals surface area contributed by atoms with Gasteiger partial charge in [-0.05, 0) is 31.6 Å². The second-order valence-corrected chi connectivity index (χ2v) is 6.34. The number of rotatable bonds is 3. The second kappa shape index (κ2) is 7.11. The molecular formula is C15H26N2O4. The van der Waals surface area contributed by atoms with Crippen LogP contribution >= 0.6 is 0 Å². The van der Waals surface area contributed by atoms with Crippen LogP contribution in [0.15, 0.2) is 0 Å². The van der Waals surface area contributed by atoms with Crippen LogP contribution in [0.1, 0.15) is 32.6 Å². The molecule has 0 aliphatic carbocycles. The summed E-state index contributed by atoms with van der Waals surface area (Å²) in [5.74, 6) is -0.533. The standard InChI is InChI=1S/C15H26N2O4/c1-11-5-3-7-17(13(11)14(18)19)15(20)16(2)9-12-6-4-8-21-10-12/h11-13H,3-10H2,1-2H3,(H,18,19). The Hall–Kier alpha value is -1.30. The van der Waals surface area contributed by atoms with Crippen molar-refractivity contribution in [1.29, 1.82) is 0 Å². The fraction of sp³-hybridized carbons (Fsp3) is 0.867. The van der Waals surface area contributed by atoms with Crippen LogP contribution in [0.25, 0.3) is 0 Å². The Bertz CT molecular complexity index is 382. The van der Waals surface area contributed by atoms with E-state index in [0.29, 0.717) is 25.6 Å². The summed E-state index contributed by atoms with van der Waals surface area (Å²) >= 11 is 0. The predicted octanol–water partition coefficient (Wildman–Crippen LogP) is 1.65. The molecule has 2 rings (SSSR count). The molecule has 0 aromatic heterocycles. The van der Waals surface area contributed by atoms with Crippen LogP contribution in [0, 0.1) is 11.8 Å². The Morgan fingerprint density at radius 2 is 2.10 bits per heavy atom. The van der Waals surface area contributed by atoms with Gasteiger partial charge in [0.05, 0.1) is 6.61 Å². The zero-order valence-corrected chi connectivity index (χ0v) is 13.0. The van der Waals surface area contributed by atoms with E-state index in [9.17, 15) is 14.7 Å². The van der Waals surface area contributed by atoms with Gasteiger partial charge in [0.1, 0.15) is 6.04 Å². The molecule has 2 fully saturated rings. The van der Waals surface area contributed by atoms with E-state index in [-0.39, 0.29) is 11.9 Å². The van der Waals surface area contributed by atoms with E-state index in [1.807, 2.05) is 6.92 Å². The first-order valence-corrected chi connectivity index (χ1v) is 7.83. The van der Waals surface area contributed by atoms with Gasteiger partial charge in [0, 0.05) is 32.7 Å². The third kappa shape index (κ3) is 3.87. The van der Waals surface area contributed by atoms with Crippen molar-refractivity contribution in [3.8, 4) is 0 Å². The fourth-order valence-corrected chi connectivity index (χ4v) is 3.42. The van der Waals surface area contributed by atoms with Gasteiger partial charge in [-0.25, -0.2) is 9.59 Å². The Morgan fingerprint density at radius 1 is 1.33 bits per heavy atom. The topological polar surface area (TPSA) is 70.1 Å². The van der Waals surface area contributed by atoms with Gasteiger partial charge in [-0.1, -0.05) is 6.92 Å². The average molecular weight is 298 g/mol. The van der Waals surface area contributed by atoms with Crippen LogP contribution in [0.3, 0.4) is 0 Å². The molecule has 0 radical (unpaired) electrons. The van der Waals surface area contributed by atoms with Crippen molar-refractivity contribution in [2.75, 3.05) is 33.4 Å². The molecule has 2 amide bonds. The number of aliphatic carboxylic acids is 1. The molecule has 21 heavy (non-hydrogen) atoms. The smallest absolute Gasteiger partial charge is 0.326 e. The molecule has 2 saturated heterocycles. The number of hydrogen-bond acceptors (Lipinski definition) is 3. The molecule has 3 unspecified atom stereocenters. The number of hydrogen-bond donors (Lipinski definition) is 1. The largest absolute Gasteiger partial charge is 0.480 e. The van der Waals surface area contributed by atoms with Crippen LogP contribution in [-0.4, -0.2) is 66.3 Å². The lowest BCUT2D eigenvalue weighted by Gasteiger charge is -2.40. The first-order chi connectivity index (χ1) is 10.0. The Labute approximate surface area is 126 Å². The summed E-state index contributed by atoms with van der Waals surface area (Å²) in [6.07, 6.45) is 3.83. The molecule has 6 nitrogen and oxygen atoms in total. The van der Waals surface area contributed by atoms with E-state index in [1.54, 1.807) is 11.9 Å². The van der Waals surface area contributed by atoms with Crippen LogP contribution in [0.4, 0.5) is 4.79 Å². The highest BCUT2D eigenvalue weighted by atomic mass is 16.5. The van der Waals surface area contributed by atoms with Gasteiger partial charge in [-0.3, -0.25) is 0 Å². The van der Waals surface area contributed by atoms with Crippen LogP contribution in [0.2, 0.25) is 0 Å². The van der Waals surface area contributed by atoms with E-state index >= 15 is 0 Å². The molecule has 0 aromatic carbocycles. The molecule has 6 heteroatoms. The molecule has 2 aliphatic heterocycles. The molecule has 2 aliphatic rings. The van der Waals surface area contributed by atoms with Crippen LogP contribution < -0.4 is 0 Å². The number of carbonyl (C=O) groups excluding carboxylic acids is 1. The molecule has 120 valence electrons. The normalized spacial score (nSPS) is 30.0. The number of carboxylic acids is 1. The van der Waals surface area contributed by atoms with Crippen LogP contribution in [0.5, 0.6) is 0 Å². The summed E-state index contributed by atoms with van der Waals surface area (Å²) < 4.78 is 5.44. The van der Waals surface area contributed by atoms with Crippen LogP contribution in [-0.2, 0) is 9.53 Å². The van der Waals surface area contributed by atoms with Gasteiger partial charge in [0.25, 0.3) is 0 Å². The number of nitrogens with zero attached hydrogens (tertiary/aromatic N) is 2. The summed E-state index contributed by atoms with van der Waals surface area (Å²) in [5, 5.41) is 9.40. The zero-order chi connectivity index (χ0) is 15.4. The van der Waals surface area contributed by atoms with Crippen molar-refractivity contribution in [3.63, 3.8) is 0 Å². The number of likely N-dealkylation sites (tertiary alicyclic amines) is 1. The molecule has 0 bridgehead atoms. The van der Waals surface area contributed by atoms with E-state index in [0.717, 1.165) is 32.3 Å². The number of urea groups is 1. The van der Waals surface area contributed by atoms with Crippen molar-refractivity contribution in [1.82, 2.24) is 9.80 Å². The second-order valence-electron chi connectivity index (χ2n) is 6.34. The fourth-order valence-electron chi connectivity index (χ4n) is 3.42. The number of carbonyl (C=O) groups is 2. The molecule has 0 aromatic rings. The number of piperidine rings is 1. The minimum Gasteiger partial charge on any atom is -0.480 e. The lowest BCUT2D eigenvalue weighted by Crippen LogP contribution is -2.55. The highest BCUT2D eigenvalue weighted by Crippen LogP contribution is 2.25. The van der Waals surface area contributed by atoms with Gasteiger partial charge in [0.2, 0.25) is 0 Å². The average Bonchev–Trinajstić information content (AvgIpc) is 2.46. The third-order valence-corrected chi connectivity index (χ3v) is 4.55. The maximum Gasteiger partial charge on any atom is 0.326 e. The molecular weight excluding hydrogens is 272 g/mol. The summed E-state index contributed by atoms with van der Waals surface area (Å²) in [4.78, 5) is 27.2. The minimum atomic E-state index is -0.898. The summed E-state index contributed by atoms with van der Waals surface area (Å²) in [6, 6.07) is -0.865. The predicted molar refractivity (Wildman–Crippen MR) is 78.1 cm³/mol. The van der Waals surface area contributed by atoms with Gasteiger partial charge >= 0.3 is 12.0 Å². The monoisotopic (exact) mass is 298 g/mol. The summed E-state index contributed by atoms with van der Waals surface area (Å²) in [7, 11) is 1.76. The lowest BCUT2D eigenvalue weighted by atomic mass is 9.91. The SMILES string of the molecule is CC1CCCN(C(=O)N(C)CC2CCCOC2)C1C(=O)O. The summed E-state index contributed by atoms with van der Waals surface area (Å²) in [5.41, 5.74) is 0. The Kier molecular flexibility index (Phi) is 5.45. The molecule has 3 atom stereocenters. The third-order valence-electron chi connectivity index (χ3n) is 4.55. The van der Waals surface area contributed by atoms with E-state index in [4.69, 9.17) is 4.74 Å². The highest BCUT2D eigenvalue weighted by Gasteiger charge is 2.38. The lowest BCUT2D eigenvalue weighted by molar-refractivity contribution is -0.145. The number of amides is 2. The molecule has 1 N–H and O–H groups in total. The summed E-state index contributed by atoms with van der Waals surface area (Å²) in [6.45, 7) is 4.57. The van der Waals surface area contributed by atoms with Gasteiger partial charge in [-0.2, -0.15) is 0 Å². The molecule has 0 spiro atoms. The van der Waals surface area contributed by atoms with Crippen molar-refractivity contribution < 1.29 is 19.4 Å². The molecule has 0 saturated carbocycles. The Morgan fingerprint density at radius 3 is 2.71 bits per heavy atom.